The molecule has 1 saturated heterocycles. The molecule has 38 heavy (non-hydrogen) atoms. The highest BCUT2D eigenvalue weighted by molar-refractivity contribution is 6.46. The van der Waals surface area contributed by atoms with Crippen molar-refractivity contribution in [2.45, 2.75) is 26.1 Å². The second-order valence-corrected chi connectivity index (χ2v) is 9.12. The van der Waals surface area contributed by atoms with Gasteiger partial charge in [-0.25, -0.2) is 0 Å². The third-order valence-corrected chi connectivity index (χ3v) is 6.61. The fraction of sp³-hybridized carbons (Fsp3) is 0.129. The van der Waals surface area contributed by atoms with E-state index in [0.29, 0.717) is 23.5 Å². The molecule has 4 aromatic rings. The number of aromatic hydroxyl groups is 1. The lowest BCUT2D eigenvalue weighted by Crippen LogP contribution is -2.29. The van der Waals surface area contributed by atoms with Gasteiger partial charge in [-0.3, -0.25) is 14.6 Å². The zero-order chi connectivity index (χ0) is 26.6. The molecule has 0 saturated carbocycles. The number of ketones is 1. The number of nitrogens with zero attached hydrogens (tertiary/aromatic N) is 2. The third-order valence-electron chi connectivity index (χ3n) is 6.61. The van der Waals surface area contributed by atoms with E-state index in [1.807, 2.05) is 31.2 Å². The highest BCUT2D eigenvalue weighted by Gasteiger charge is 2.46. The lowest BCUT2D eigenvalue weighted by atomic mass is 9.95. The summed E-state index contributed by atoms with van der Waals surface area (Å²) in [6.45, 7) is 2.55. The van der Waals surface area contributed by atoms with E-state index in [1.54, 1.807) is 60.9 Å². The Kier molecular flexibility index (Phi) is 6.91. The number of hydrogen-bond donors (Lipinski definition) is 2. The highest BCUT2D eigenvalue weighted by atomic mass is 16.5. The predicted octanol–water partition coefficient (Wildman–Crippen LogP) is 5.30. The number of phenols is 1. The van der Waals surface area contributed by atoms with E-state index in [1.165, 1.54) is 17.0 Å². The predicted molar refractivity (Wildman–Crippen MR) is 142 cm³/mol. The van der Waals surface area contributed by atoms with Gasteiger partial charge in [-0.15, -0.1) is 0 Å². The summed E-state index contributed by atoms with van der Waals surface area (Å²) < 4.78 is 5.90. The topological polar surface area (TPSA) is 100.0 Å². The monoisotopic (exact) mass is 506 g/mol. The van der Waals surface area contributed by atoms with Crippen LogP contribution in [0.15, 0.2) is 103 Å². The highest BCUT2D eigenvalue weighted by Crippen LogP contribution is 2.41. The molecule has 0 unspecified atom stereocenters. The van der Waals surface area contributed by atoms with E-state index in [-0.39, 0.29) is 23.6 Å². The molecule has 2 heterocycles. The molecule has 7 nitrogen and oxygen atoms in total. The van der Waals surface area contributed by atoms with Gasteiger partial charge < -0.3 is 19.8 Å². The van der Waals surface area contributed by atoms with Gasteiger partial charge in [0, 0.05) is 24.5 Å². The average Bonchev–Trinajstić information content (AvgIpc) is 3.18. The maximum absolute atomic E-state index is 13.2. The number of likely N-dealkylation sites (tertiary alicyclic amines) is 1. The average molecular weight is 507 g/mol. The van der Waals surface area contributed by atoms with Crippen molar-refractivity contribution in [2.75, 3.05) is 0 Å². The standard InChI is InChI=1S/C31H26N2O5/c1-20-5-2-3-6-24(20)19-38-26-11-9-22(10-12-26)29(35)27-28(23-7-4-8-25(34)17-23)33(31(37)30(27)36)18-21-13-15-32-16-14-21/h2-17,28,34-35H,18-19H2,1H3/t28-/m1/s1. The van der Waals surface area contributed by atoms with Gasteiger partial charge in [0.05, 0.1) is 11.6 Å². The normalized spacial score (nSPS) is 16.6. The number of ether oxygens (including phenoxy) is 1. The Bertz CT molecular complexity index is 1510. The summed E-state index contributed by atoms with van der Waals surface area (Å²) in [7, 11) is 0. The van der Waals surface area contributed by atoms with Crippen LogP contribution in [0.5, 0.6) is 11.5 Å². The molecule has 2 N–H and O–H groups in total. The third kappa shape index (κ3) is 4.99. The first-order valence-electron chi connectivity index (χ1n) is 12.2. The molecule has 1 atom stereocenters. The van der Waals surface area contributed by atoms with E-state index in [0.717, 1.165) is 16.7 Å². The van der Waals surface area contributed by atoms with E-state index in [9.17, 15) is 19.8 Å². The first kappa shape index (κ1) is 24.8. The van der Waals surface area contributed by atoms with Crippen molar-refractivity contribution in [1.82, 2.24) is 9.88 Å². The Morgan fingerprint density at radius 1 is 0.947 bits per heavy atom. The van der Waals surface area contributed by atoms with Gasteiger partial charge in [0.1, 0.15) is 23.9 Å². The quantitative estimate of drug-likeness (QED) is 0.201. The maximum atomic E-state index is 13.2. The van der Waals surface area contributed by atoms with Crippen molar-refractivity contribution in [2.24, 2.45) is 0 Å². The summed E-state index contributed by atoms with van der Waals surface area (Å²) in [5.74, 6) is -1.21. The summed E-state index contributed by atoms with van der Waals surface area (Å²) in [6, 6.07) is 23.7. The summed E-state index contributed by atoms with van der Waals surface area (Å²) in [6.07, 6.45) is 3.22. The number of benzene rings is 3. The van der Waals surface area contributed by atoms with Gasteiger partial charge in [-0.1, -0.05) is 36.4 Å². The van der Waals surface area contributed by atoms with Gasteiger partial charge in [0.25, 0.3) is 11.7 Å². The van der Waals surface area contributed by atoms with Gasteiger partial charge in [0.15, 0.2) is 0 Å². The molecule has 3 aromatic carbocycles. The molecule has 1 aliphatic heterocycles. The number of carbonyl (C=O) groups excluding carboxylic acids is 2. The summed E-state index contributed by atoms with van der Waals surface area (Å²) in [4.78, 5) is 31.8. The molecular weight excluding hydrogens is 480 g/mol. The fourth-order valence-corrected chi connectivity index (χ4v) is 4.57. The number of aryl methyl sites for hydroxylation is 1. The summed E-state index contributed by atoms with van der Waals surface area (Å²) >= 11 is 0. The molecule has 190 valence electrons. The van der Waals surface area contributed by atoms with E-state index < -0.39 is 17.7 Å². The molecule has 0 aliphatic carbocycles. The summed E-state index contributed by atoms with van der Waals surface area (Å²) in [5.41, 5.74) is 3.83. The number of phenolic OH excluding ortho intramolecular Hbond substituents is 1. The van der Waals surface area contributed by atoms with Crippen LogP contribution in [0.4, 0.5) is 0 Å². The lowest BCUT2D eigenvalue weighted by Gasteiger charge is -2.25. The van der Waals surface area contributed by atoms with Gasteiger partial charge in [0.2, 0.25) is 0 Å². The number of Topliss-reactive ketones (excluding diaryl/α,β-unsaturated/α-hetero) is 1. The molecule has 1 amide bonds. The van der Waals surface area contributed by atoms with Crippen molar-refractivity contribution < 1.29 is 24.5 Å². The van der Waals surface area contributed by atoms with Gasteiger partial charge in [-0.05, 0) is 77.7 Å². The summed E-state index contributed by atoms with van der Waals surface area (Å²) in [5, 5.41) is 21.4. The Labute approximate surface area is 220 Å². The molecule has 5 rings (SSSR count). The number of pyridine rings is 1. The number of aliphatic hydroxyl groups is 1. The van der Waals surface area contributed by atoms with Gasteiger partial charge >= 0.3 is 0 Å². The Hall–Kier alpha value is -4.91. The van der Waals surface area contributed by atoms with Crippen LogP contribution in [0.1, 0.15) is 33.9 Å². The van der Waals surface area contributed by atoms with Crippen LogP contribution in [0, 0.1) is 6.92 Å². The molecule has 1 fully saturated rings. The number of hydrogen-bond acceptors (Lipinski definition) is 6. The van der Waals surface area contributed by atoms with Gasteiger partial charge in [-0.2, -0.15) is 0 Å². The number of aromatic nitrogens is 1. The molecule has 1 aromatic heterocycles. The molecular formula is C31H26N2O5. The largest absolute Gasteiger partial charge is 0.508 e. The second-order valence-electron chi connectivity index (χ2n) is 9.12. The van der Waals surface area contributed by atoms with E-state index in [2.05, 4.69) is 4.98 Å². The van der Waals surface area contributed by atoms with Crippen LogP contribution in [0.3, 0.4) is 0 Å². The molecule has 0 spiro atoms. The van der Waals surface area contributed by atoms with Crippen LogP contribution in [-0.2, 0) is 22.7 Å². The van der Waals surface area contributed by atoms with Crippen molar-refractivity contribution >= 4 is 17.4 Å². The van der Waals surface area contributed by atoms with Crippen LogP contribution < -0.4 is 4.74 Å². The van der Waals surface area contributed by atoms with Crippen LogP contribution >= 0.6 is 0 Å². The van der Waals surface area contributed by atoms with Crippen LogP contribution in [-0.4, -0.2) is 31.8 Å². The smallest absolute Gasteiger partial charge is 0.295 e. The Balaban J connectivity index is 1.48. The Morgan fingerprint density at radius 3 is 2.39 bits per heavy atom. The van der Waals surface area contributed by atoms with Crippen molar-refractivity contribution in [1.29, 1.82) is 0 Å². The SMILES string of the molecule is Cc1ccccc1COc1ccc(C(O)=C2C(=O)C(=O)N(Cc3ccncc3)[C@@H]2c2cccc(O)c2)cc1. The van der Waals surface area contributed by atoms with Crippen LogP contribution in [0.2, 0.25) is 0 Å². The first-order valence-corrected chi connectivity index (χ1v) is 12.2. The molecule has 0 radical (unpaired) electrons. The minimum absolute atomic E-state index is 0.00727. The van der Waals surface area contributed by atoms with Crippen molar-refractivity contribution in [3.8, 4) is 11.5 Å². The number of aliphatic hydroxyl groups excluding tert-OH is 1. The number of rotatable bonds is 7. The first-order chi connectivity index (χ1) is 18.4. The zero-order valence-electron chi connectivity index (χ0n) is 20.7. The van der Waals surface area contributed by atoms with Crippen molar-refractivity contribution in [3.63, 3.8) is 0 Å². The van der Waals surface area contributed by atoms with E-state index >= 15 is 0 Å². The Morgan fingerprint density at radius 2 is 1.68 bits per heavy atom. The maximum Gasteiger partial charge on any atom is 0.295 e. The number of amides is 1. The van der Waals surface area contributed by atoms with Crippen molar-refractivity contribution in [3.05, 3.63) is 131 Å². The van der Waals surface area contributed by atoms with E-state index in [4.69, 9.17) is 4.74 Å². The number of carbonyl (C=O) groups is 2. The zero-order valence-corrected chi connectivity index (χ0v) is 20.7. The lowest BCUT2D eigenvalue weighted by molar-refractivity contribution is -0.140. The molecule has 1 aliphatic rings. The molecule has 0 bridgehead atoms. The van der Waals surface area contributed by atoms with Crippen LogP contribution in [0.25, 0.3) is 5.76 Å². The fourth-order valence-electron chi connectivity index (χ4n) is 4.57. The minimum atomic E-state index is -0.882. The minimum Gasteiger partial charge on any atom is -0.508 e. The second kappa shape index (κ2) is 10.6. The molecule has 7 heteroatoms.